The maximum atomic E-state index is 13.4. The first-order valence-electron chi connectivity index (χ1n) is 30.4. The van der Waals surface area contributed by atoms with Crippen LogP contribution in [0.3, 0.4) is 0 Å². The third kappa shape index (κ3) is 39.8. The summed E-state index contributed by atoms with van der Waals surface area (Å²) in [5.41, 5.74) is 0. The zero-order chi connectivity index (χ0) is 54.7. The van der Waals surface area contributed by atoms with Crippen LogP contribution in [0.1, 0.15) is 245 Å². The maximum absolute atomic E-state index is 13.4. The van der Waals surface area contributed by atoms with Crippen LogP contribution in [0, 0.1) is 0 Å². The molecule has 0 aliphatic carbocycles. The minimum absolute atomic E-state index is 0.109. The SMILES string of the molecule is CCCCC/C=C\C/C=C\C/C=C\C/C=C\CCC(O)C(=O)NC(COC1OC(CO)C(O)C(O)C1OC(=O)CCCCCCCCCCC/C=C\C/C=C\CCCCC)C(O)/C=C/CCCCCCCCCCC. The average molecular weight is 1050 g/mol. The molecule has 8 unspecified atom stereocenters. The van der Waals surface area contributed by atoms with Gasteiger partial charge in [0.25, 0.3) is 0 Å². The highest BCUT2D eigenvalue weighted by Crippen LogP contribution is 2.26. The minimum Gasteiger partial charge on any atom is -0.454 e. The first-order chi connectivity index (χ1) is 36.7. The molecule has 1 amide bonds. The molecule has 1 aliphatic rings. The van der Waals surface area contributed by atoms with Gasteiger partial charge in [0.2, 0.25) is 5.91 Å². The summed E-state index contributed by atoms with van der Waals surface area (Å²) in [5.74, 6) is -1.26. The van der Waals surface area contributed by atoms with E-state index >= 15 is 0 Å². The first-order valence-corrected chi connectivity index (χ1v) is 30.4. The van der Waals surface area contributed by atoms with E-state index in [0.717, 1.165) is 89.9 Å². The molecule has 0 bridgehead atoms. The predicted octanol–water partition coefficient (Wildman–Crippen LogP) is 14.2. The van der Waals surface area contributed by atoms with Gasteiger partial charge in [0.05, 0.1) is 25.4 Å². The number of ether oxygens (including phenoxy) is 3. The second-order valence-electron chi connectivity index (χ2n) is 20.7. The molecule has 0 radical (unpaired) electrons. The lowest BCUT2D eigenvalue weighted by atomic mass is 9.99. The highest BCUT2D eigenvalue weighted by Gasteiger charge is 2.47. The fraction of sp³-hybridized carbons (Fsp3) is 0.750. The molecule has 11 heteroatoms. The van der Waals surface area contributed by atoms with Crippen LogP contribution in [0.2, 0.25) is 0 Å². The van der Waals surface area contributed by atoms with Gasteiger partial charge in [-0.1, -0.05) is 228 Å². The molecule has 1 rings (SSSR count). The predicted molar refractivity (Wildman–Crippen MR) is 310 cm³/mol. The van der Waals surface area contributed by atoms with E-state index in [2.05, 4.69) is 86.8 Å². The number of rotatable bonds is 50. The average Bonchev–Trinajstić information content (AvgIpc) is 3.41. The number of amides is 1. The van der Waals surface area contributed by atoms with Gasteiger partial charge in [0.1, 0.15) is 24.4 Å². The number of carbonyl (C=O) groups excluding carboxylic acids is 2. The number of aliphatic hydroxyl groups excluding tert-OH is 5. The Morgan fingerprint density at radius 2 is 0.920 bits per heavy atom. The molecule has 1 aliphatic heterocycles. The van der Waals surface area contributed by atoms with Crippen molar-refractivity contribution in [2.24, 2.45) is 0 Å². The zero-order valence-corrected chi connectivity index (χ0v) is 47.6. The van der Waals surface area contributed by atoms with Crippen LogP contribution in [-0.4, -0.2) is 99.6 Å². The van der Waals surface area contributed by atoms with Gasteiger partial charge in [0.15, 0.2) is 12.4 Å². The van der Waals surface area contributed by atoms with Crippen molar-refractivity contribution in [2.75, 3.05) is 13.2 Å². The van der Waals surface area contributed by atoms with Crippen LogP contribution < -0.4 is 5.32 Å². The molecule has 432 valence electrons. The highest BCUT2D eigenvalue weighted by atomic mass is 16.7. The summed E-state index contributed by atoms with van der Waals surface area (Å²) in [6, 6.07) is -1.06. The molecule has 0 aromatic heterocycles. The van der Waals surface area contributed by atoms with E-state index in [-0.39, 0.29) is 19.4 Å². The Bertz CT molecular complexity index is 1540. The second-order valence-corrected chi connectivity index (χ2v) is 20.7. The molecule has 1 fully saturated rings. The summed E-state index contributed by atoms with van der Waals surface area (Å²) < 4.78 is 17.6. The van der Waals surface area contributed by atoms with Crippen molar-refractivity contribution < 1.29 is 49.3 Å². The molecule has 0 spiro atoms. The number of nitrogens with one attached hydrogen (secondary N) is 1. The van der Waals surface area contributed by atoms with Gasteiger partial charge in [-0.15, -0.1) is 0 Å². The molecule has 0 saturated carbocycles. The standard InChI is InChI=1S/C64H111NO10/c1-4-7-10-13-16-19-22-24-26-28-29-30-32-34-37-40-43-46-49-52-59(69)75-62-61(71)60(70)58(53-66)74-64(62)73-54-55(56(67)50-47-44-41-38-35-21-18-15-12-9-6-3)65-63(72)57(68)51-48-45-42-39-36-33-31-27-25-23-20-17-14-11-8-5-2/h16-17,19-20,24-27,33,36,42,45,47,50,55-58,60-62,64,66-68,70-71H,4-15,18,21-23,28-32,34-35,37-41,43-44,46,48-49,51-54H2,1-3H3,(H,65,72)/b19-16-,20-17-,26-24-,27-25-,36-33-,45-42-,50-47+. The number of aliphatic hydroxyl groups is 5. The second kappa shape index (κ2) is 51.6. The molecule has 0 aromatic rings. The van der Waals surface area contributed by atoms with Crippen molar-refractivity contribution >= 4 is 11.9 Å². The van der Waals surface area contributed by atoms with Crippen molar-refractivity contribution in [1.29, 1.82) is 0 Å². The van der Waals surface area contributed by atoms with Gasteiger partial charge in [-0.2, -0.15) is 0 Å². The van der Waals surface area contributed by atoms with E-state index < -0.39 is 67.4 Å². The van der Waals surface area contributed by atoms with E-state index in [9.17, 15) is 35.1 Å². The third-order valence-corrected chi connectivity index (χ3v) is 13.8. The van der Waals surface area contributed by atoms with E-state index in [1.54, 1.807) is 6.08 Å². The largest absolute Gasteiger partial charge is 0.454 e. The number of hydrogen-bond donors (Lipinski definition) is 6. The van der Waals surface area contributed by atoms with Crippen LogP contribution in [0.5, 0.6) is 0 Å². The van der Waals surface area contributed by atoms with E-state index in [4.69, 9.17) is 14.2 Å². The topological polar surface area (TPSA) is 175 Å². The molecule has 6 N–H and O–H groups in total. The zero-order valence-electron chi connectivity index (χ0n) is 47.6. The van der Waals surface area contributed by atoms with Crippen LogP contribution in [-0.2, 0) is 23.8 Å². The lowest BCUT2D eigenvalue weighted by molar-refractivity contribution is -0.305. The quantitative estimate of drug-likeness (QED) is 0.0195. The number of allylic oxidation sites excluding steroid dienone is 13. The third-order valence-electron chi connectivity index (χ3n) is 13.8. The van der Waals surface area contributed by atoms with Crippen molar-refractivity contribution in [3.8, 4) is 0 Å². The van der Waals surface area contributed by atoms with Crippen LogP contribution in [0.4, 0.5) is 0 Å². The Labute approximate surface area is 457 Å². The molecule has 1 saturated heterocycles. The van der Waals surface area contributed by atoms with Gasteiger partial charge >= 0.3 is 5.97 Å². The van der Waals surface area contributed by atoms with E-state index in [1.165, 1.54) is 109 Å². The van der Waals surface area contributed by atoms with Crippen molar-refractivity contribution in [3.63, 3.8) is 0 Å². The smallest absolute Gasteiger partial charge is 0.306 e. The Kier molecular flexibility index (Phi) is 48.0. The number of esters is 1. The Morgan fingerprint density at radius 1 is 0.520 bits per heavy atom. The van der Waals surface area contributed by atoms with Gasteiger partial charge < -0.3 is 45.1 Å². The van der Waals surface area contributed by atoms with Crippen LogP contribution >= 0.6 is 0 Å². The highest BCUT2D eigenvalue weighted by molar-refractivity contribution is 5.80. The molecular weight excluding hydrogens is 943 g/mol. The lowest BCUT2D eigenvalue weighted by Gasteiger charge is -2.41. The summed E-state index contributed by atoms with van der Waals surface area (Å²) in [6.07, 6.45) is 56.3. The molecule has 8 atom stereocenters. The minimum atomic E-state index is -1.63. The van der Waals surface area contributed by atoms with E-state index in [0.29, 0.717) is 12.8 Å². The Balaban J connectivity index is 2.72. The van der Waals surface area contributed by atoms with Crippen LogP contribution in [0.15, 0.2) is 85.1 Å². The van der Waals surface area contributed by atoms with Crippen molar-refractivity contribution in [2.45, 2.75) is 294 Å². The lowest BCUT2D eigenvalue weighted by Crippen LogP contribution is -2.61. The summed E-state index contributed by atoms with van der Waals surface area (Å²) in [6.45, 7) is 5.68. The van der Waals surface area contributed by atoms with Gasteiger partial charge in [-0.25, -0.2) is 0 Å². The number of unbranched alkanes of at least 4 members (excludes halogenated alkanes) is 24. The summed E-state index contributed by atoms with van der Waals surface area (Å²) in [7, 11) is 0. The van der Waals surface area contributed by atoms with Crippen molar-refractivity contribution in [1.82, 2.24) is 5.32 Å². The molecule has 75 heavy (non-hydrogen) atoms. The van der Waals surface area contributed by atoms with Gasteiger partial charge in [-0.3, -0.25) is 9.59 Å². The van der Waals surface area contributed by atoms with Gasteiger partial charge in [0, 0.05) is 6.42 Å². The maximum Gasteiger partial charge on any atom is 0.306 e. The van der Waals surface area contributed by atoms with Gasteiger partial charge in [-0.05, 0) is 96.3 Å². The monoisotopic (exact) mass is 1050 g/mol. The summed E-state index contributed by atoms with van der Waals surface area (Å²) >= 11 is 0. The van der Waals surface area contributed by atoms with Crippen LogP contribution in [0.25, 0.3) is 0 Å². The fourth-order valence-electron chi connectivity index (χ4n) is 8.91. The molecule has 11 nitrogen and oxygen atoms in total. The first kappa shape index (κ1) is 69.9. The summed E-state index contributed by atoms with van der Waals surface area (Å²) in [5, 5.41) is 56.8. The normalized spacial score (nSPS) is 19.8. The Hall–Kier alpha value is -3.16. The van der Waals surface area contributed by atoms with Crippen molar-refractivity contribution in [3.05, 3.63) is 85.1 Å². The Morgan fingerprint density at radius 3 is 1.40 bits per heavy atom. The van der Waals surface area contributed by atoms with E-state index in [1.807, 2.05) is 18.2 Å². The molecule has 0 aromatic carbocycles. The number of carbonyl (C=O) groups is 2. The molecular formula is C64H111NO10. The fourth-order valence-corrected chi connectivity index (χ4v) is 8.91. The molecule has 1 heterocycles. The summed E-state index contributed by atoms with van der Waals surface area (Å²) in [4.78, 5) is 26.5. The number of hydrogen-bond acceptors (Lipinski definition) is 10.